The van der Waals surface area contributed by atoms with E-state index in [-0.39, 0.29) is 12.1 Å². The summed E-state index contributed by atoms with van der Waals surface area (Å²) in [6.07, 6.45) is 1.46. The van der Waals surface area contributed by atoms with Gasteiger partial charge in [0.2, 0.25) is 5.95 Å². The maximum atomic E-state index is 12.9. The molecule has 2 rings (SSSR count). The van der Waals surface area contributed by atoms with E-state index >= 15 is 0 Å². The number of rotatable bonds is 3. The molecule has 0 aliphatic carbocycles. The van der Waals surface area contributed by atoms with Crippen LogP contribution in [0.3, 0.4) is 0 Å². The van der Waals surface area contributed by atoms with E-state index in [4.69, 9.17) is 0 Å². The first-order chi connectivity index (χ1) is 8.99. The van der Waals surface area contributed by atoms with E-state index < -0.39 is 11.6 Å². The van der Waals surface area contributed by atoms with Crippen LogP contribution in [-0.4, -0.2) is 14.1 Å². The molecule has 0 atom stereocenters. The number of hydrogen-bond acceptors (Lipinski definition) is 4. The summed E-state index contributed by atoms with van der Waals surface area (Å²) < 4.78 is 15.2. The van der Waals surface area contributed by atoms with Gasteiger partial charge >= 0.3 is 5.69 Å². The zero-order valence-corrected chi connectivity index (χ0v) is 10.6. The Labute approximate surface area is 108 Å². The molecule has 1 N–H and O–H groups in total. The number of anilines is 1. The summed E-state index contributed by atoms with van der Waals surface area (Å²) in [6.45, 7) is 0.164. The van der Waals surface area contributed by atoms with Crippen molar-refractivity contribution in [1.29, 1.82) is 0 Å². The summed E-state index contributed by atoms with van der Waals surface area (Å²) in [4.78, 5) is 27.0. The zero-order chi connectivity index (χ0) is 14.0. The molecule has 0 bridgehead atoms. The van der Waals surface area contributed by atoms with Crippen LogP contribution >= 0.6 is 0 Å². The van der Waals surface area contributed by atoms with Crippen LogP contribution in [0.15, 0.2) is 34.0 Å². The standard InChI is InChI=1S/C12H13FN4O2/c1-16-7-8(11(18)17(2)12(16)19)6-14-10-5-3-4-9(13)15-10/h3-5,7H,6H2,1-2H3,(H,14,15). The molecule has 19 heavy (non-hydrogen) atoms. The number of nitrogens with zero attached hydrogens (tertiary/aromatic N) is 3. The lowest BCUT2D eigenvalue weighted by atomic mass is 10.3. The molecule has 0 saturated heterocycles. The SMILES string of the molecule is Cn1cc(CNc2cccc(F)n2)c(=O)n(C)c1=O. The molecular weight excluding hydrogens is 251 g/mol. The Kier molecular flexibility index (Phi) is 3.46. The molecule has 2 aromatic heterocycles. The van der Waals surface area contributed by atoms with Gasteiger partial charge in [-0.1, -0.05) is 6.07 Å². The molecule has 100 valence electrons. The van der Waals surface area contributed by atoms with Gasteiger partial charge in [-0.3, -0.25) is 9.36 Å². The van der Waals surface area contributed by atoms with E-state index in [0.717, 1.165) is 4.57 Å². The van der Waals surface area contributed by atoms with Crippen molar-refractivity contribution in [3.63, 3.8) is 0 Å². The molecule has 0 aromatic carbocycles. The Morgan fingerprint density at radius 3 is 2.74 bits per heavy atom. The first kappa shape index (κ1) is 13.0. The molecule has 2 aromatic rings. The number of aryl methyl sites for hydroxylation is 1. The smallest absolute Gasteiger partial charge is 0.330 e. The fourth-order valence-corrected chi connectivity index (χ4v) is 1.70. The molecule has 0 radical (unpaired) electrons. The summed E-state index contributed by atoms with van der Waals surface area (Å²) >= 11 is 0. The lowest BCUT2D eigenvalue weighted by Gasteiger charge is -2.08. The Morgan fingerprint density at radius 2 is 2.05 bits per heavy atom. The van der Waals surface area contributed by atoms with E-state index in [9.17, 15) is 14.0 Å². The predicted octanol–water partition coefficient (Wildman–Crippen LogP) is 0.230. The largest absolute Gasteiger partial charge is 0.366 e. The Balaban J connectivity index is 2.26. The van der Waals surface area contributed by atoms with Crippen LogP contribution in [0, 0.1) is 5.95 Å². The third-order valence-electron chi connectivity index (χ3n) is 2.69. The van der Waals surface area contributed by atoms with Crippen molar-refractivity contribution < 1.29 is 4.39 Å². The van der Waals surface area contributed by atoms with Gasteiger partial charge in [0.25, 0.3) is 5.56 Å². The minimum absolute atomic E-state index is 0.164. The lowest BCUT2D eigenvalue weighted by Crippen LogP contribution is -2.38. The average Bonchev–Trinajstić information content (AvgIpc) is 2.39. The van der Waals surface area contributed by atoms with Crippen molar-refractivity contribution in [2.45, 2.75) is 6.54 Å². The third kappa shape index (κ3) is 2.70. The molecular formula is C12H13FN4O2. The van der Waals surface area contributed by atoms with Crippen molar-refractivity contribution in [3.8, 4) is 0 Å². The molecule has 0 fully saturated rings. The Hall–Kier alpha value is -2.44. The van der Waals surface area contributed by atoms with Gasteiger partial charge in [-0.25, -0.2) is 9.78 Å². The second kappa shape index (κ2) is 5.05. The van der Waals surface area contributed by atoms with Crippen LogP contribution in [0.25, 0.3) is 0 Å². The highest BCUT2D eigenvalue weighted by atomic mass is 19.1. The summed E-state index contributed by atoms with van der Waals surface area (Å²) in [5.41, 5.74) is -0.375. The highest BCUT2D eigenvalue weighted by molar-refractivity contribution is 5.34. The molecule has 7 heteroatoms. The lowest BCUT2D eigenvalue weighted by molar-refractivity contribution is 0.585. The predicted molar refractivity (Wildman–Crippen MR) is 68.4 cm³/mol. The van der Waals surface area contributed by atoms with Crippen LogP contribution < -0.4 is 16.6 Å². The van der Waals surface area contributed by atoms with Gasteiger partial charge in [-0.15, -0.1) is 0 Å². The number of nitrogens with one attached hydrogen (secondary N) is 1. The van der Waals surface area contributed by atoms with E-state index in [1.807, 2.05) is 0 Å². The minimum Gasteiger partial charge on any atom is -0.366 e. The summed E-state index contributed by atoms with van der Waals surface area (Å²) in [7, 11) is 2.97. The van der Waals surface area contributed by atoms with Crippen LogP contribution in [0.4, 0.5) is 10.2 Å². The zero-order valence-electron chi connectivity index (χ0n) is 10.6. The van der Waals surface area contributed by atoms with Gasteiger partial charge in [0, 0.05) is 26.8 Å². The second-order valence-electron chi connectivity index (χ2n) is 4.11. The quantitative estimate of drug-likeness (QED) is 0.806. The van der Waals surface area contributed by atoms with Crippen molar-refractivity contribution in [1.82, 2.24) is 14.1 Å². The Morgan fingerprint density at radius 1 is 1.32 bits per heavy atom. The van der Waals surface area contributed by atoms with E-state index in [2.05, 4.69) is 10.3 Å². The fraction of sp³-hybridized carbons (Fsp3) is 0.250. The van der Waals surface area contributed by atoms with Crippen LogP contribution in [0.1, 0.15) is 5.56 Å². The highest BCUT2D eigenvalue weighted by Gasteiger charge is 2.06. The molecule has 6 nitrogen and oxygen atoms in total. The molecule has 0 amide bonds. The maximum absolute atomic E-state index is 12.9. The normalized spacial score (nSPS) is 10.5. The minimum atomic E-state index is -0.599. The van der Waals surface area contributed by atoms with Crippen molar-refractivity contribution in [3.05, 3.63) is 56.7 Å². The Bertz CT molecular complexity index is 720. The summed E-state index contributed by atoms with van der Waals surface area (Å²) in [5.74, 6) is -0.269. The fourth-order valence-electron chi connectivity index (χ4n) is 1.70. The number of hydrogen-bond donors (Lipinski definition) is 1. The number of halogens is 1. The van der Waals surface area contributed by atoms with Crippen molar-refractivity contribution in [2.24, 2.45) is 14.1 Å². The third-order valence-corrected chi connectivity index (χ3v) is 2.69. The van der Waals surface area contributed by atoms with Gasteiger partial charge in [0.1, 0.15) is 5.82 Å². The molecule has 2 heterocycles. The highest BCUT2D eigenvalue weighted by Crippen LogP contribution is 2.04. The molecule has 0 unspecified atom stereocenters. The molecule has 0 saturated carbocycles. The first-order valence-corrected chi connectivity index (χ1v) is 5.61. The topological polar surface area (TPSA) is 68.9 Å². The van der Waals surface area contributed by atoms with Crippen LogP contribution in [-0.2, 0) is 20.6 Å². The van der Waals surface area contributed by atoms with Gasteiger partial charge < -0.3 is 9.88 Å². The molecule has 0 aliphatic heterocycles. The van der Waals surface area contributed by atoms with Crippen molar-refractivity contribution >= 4 is 5.82 Å². The van der Waals surface area contributed by atoms with Gasteiger partial charge in [-0.05, 0) is 12.1 Å². The van der Waals surface area contributed by atoms with E-state index in [1.165, 1.54) is 29.9 Å². The van der Waals surface area contributed by atoms with Crippen LogP contribution in [0.5, 0.6) is 0 Å². The van der Waals surface area contributed by atoms with Gasteiger partial charge in [-0.2, -0.15) is 4.39 Å². The second-order valence-corrected chi connectivity index (χ2v) is 4.11. The van der Waals surface area contributed by atoms with E-state index in [1.54, 1.807) is 13.1 Å². The number of aromatic nitrogens is 3. The van der Waals surface area contributed by atoms with Crippen molar-refractivity contribution in [2.75, 3.05) is 5.32 Å². The number of pyridine rings is 1. The average molecular weight is 264 g/mol. The van der Waals surface area contributed by atoms with Crippen LogP contribution in [0.2, 0.25) is 0 Å². The maximum Gasteiger partial charge on any atom is 0.330 e. The summed E-state index contributed by atoms with van der Waals surface area (Å²) in [5, 5.41) is 2.84. The van der Waals surface area contributed by atoms with E-state index in [0.29, 0.717) is 11.4 Å². The molecule has 0 aliphatic rings. The monoisotopic (exact) mass is 264 g/mol. The first-order valence-electron chi connectivity index (χ1n) is 5.61. The molecule has 0 spiro atoms. The van der Waals surface area contributed by atoms with Gasteiger partial charge in [0.05, 0.1) is 5.56 Å². The van der Waals surface area contributed by atoms with Gasteiger partial charge in [0.15, 0.2) is 0 Å². The summed E-state index contributed by atoms with van der Waals surface area (Å²) in [6, 6.07) is 4.34.